The number of imidazole rings is 1. The van der Waals surface area contributed by atoms with E-state index in [2.05, 4.69) is 4.98 Å². The quantitative estimate of drug-likeness (QED) is 0.636. The number of amides is 1. The fourth-order valence-corrected chi connectivity index (χ4v) is 3.53. The monoisotopic (exact) mass is 329 g/mol. The first-order valence-corrected chi connectivity index (χ1v) is 8.25. The fraction of sp³-hybridized carbons (Fsp3) is 0.188. The summed E-state index contributed by atoms with van der Waals surface area (Å²) in [6.45, 7) is 2.72. The summed E-state index contributed by atoms with van der Waals surface area (Å²) >= 11 is 6.64. The Bertz CT molecular complexity index is 720. The third kappa shape index (κ3) is 2.98. The van der Waals surface area contributed by atoms with Crippen molar-refractivity contribution in [3.05, 3.63) is 53.5 Å². The zero-order chi connectivity index (χ0) is 15.5. The van der Waals surface area contributed by atoms with Crippen molar-refractivity contribution in [2.24, 2.45) is 0 Å². The largest absolute Gasteiger partial charge is 0.306 e. The van der Waals surface area contributed by atoms with Crippen molar-refractivity contribution >= 4 is 40.3 Å². The molecule has 1 amide bonds. The van der Waals surface area contributed by atoms with E-state index in [4.69, 9.17) is 12.2 Å². The van der Waals surface area contributed by atoms with E-state index in [0.717, 1.165) is 17.7 Å². The molecular formula is C16H15N3OS2. The third-order valence-corrected chi connectivity index (χ3v) is 4.69. The standard InChI is InChI=1S/C16H15N3OS2/c1-2-8-19-15(20)14(22-16(19)21)10-12-3-5-13(6-4-12)18-9-7-17-11-18/h3-7,9-11H,2,8H2,1H3. The molecule has 1 aliphatic rings. The van der Waals surface area contributed by atoms with E-state index in [1.165, 1.54) is 11.8 Å². The van der Waals surface area contributed by atoms with Crippen molar-refractivity contribution in [2.75, 3.05) is 6.54 Å². The fourth-order valence-electron chi connectivity index (χ4n) is 2.22. The summed E-state index contributed by atoms with van der Waals surface area (Å²) in [7, 11) is 0. The Morgan fingerprint density at radius 1 is 1.32 bits per heavy atom. The Labute approximate surface area is 138 Å². The Kier molecular flexibility index (Phi) is 4.40. The van der Waals surface area contributed by atoms with Crippen LogP contribution >= 0.6 is 24.0 Å². The molecule has 4 nitrogen and oxygen atoms in total. The van der Waals surface area contributed by atoms with Gasteiger partial charge in [-0.05, 0) is 30.2 Å². The summed E-state index contributed by atoms with van der Waals surface area (Å²) in [5, 5.41) is 0. The molecule has 112 valence electrons. The van der Waals surface area contributed by atoms with Crippen LogP contribution in [0, 0.1) is 0 Å². The molecule has 1 fully saturated rings. The Morgan fingerprint density at radius 2 is 2.09 bits per heavy atom. The van der Waals surface area contributed by atoms with Crippen molar-refractivity contribution in [3.8, 4) is 5.69 Å². The third-order valence-electron chi connectivity index (χ3n) is 3.31. The topological polar surface area (TPSA) is 38.1 Å². The van der Waals surface area contributed by atoms with Gasteiger partial charge in [-0.3, -0.25) is 9.69 Å². The lowest BCUT2D eigenvalue weighted by Crippen LogP contribution is -2.28. The molecule has 1 saturated heterocycles. The second-order valence-electron chi connectivity index (χ2n) is 4.89. The number of hydrogen-bond donors (Lipinski definition) is 0. The first-order valence-electron chi connectivity index (χ1n) is 7.03. The number of thioether (sulfide) groups is 1. The highest BCUT2D eigenvalue weighted by Gasteiger charge is 2.30. The smallest absolute Gasteiger partial charge is 0.266 e. The number of thiocarbonyl (C=S) groups is 1. The molecule has 0 N–H and O–H groups in total. The van der Waals surface area contributed by atoms with Gasteiger partial charge in [0.05, 0.1) is 11.2 Å². The predicted molar refractivity (Wildman–Crippen MR) is 93.7 cm³/mol. The van der Waals surface area contributed by atoms with Crippen LogP contribution in [0.4, 0.5) is 0 Å². The van der Waals surface area contributed by atoms with Gasteiger partial charge in [-0.25, -0.2) is 4.98 Å². The summed E-state index contributed by atoms with van der Waals surface area (Å²) < 4.78 is 2.58. The average molecular weight is 329 g/mol. The number of hydrogen-bond acceptors (Lipinski definition) is 4. The zero-order valence-corrected chi connectivity index (χ0v) is 13.7. The molecule has 1 aromatic carbocycles. The summed E-state index contributed by atoms with van der Waals surface area (Å²) in [6.07, 6.45) is 8.19. The van der Waals surface area contributed by atoms with Crippen LogP contribution in [-0.2, 0) is 4.79 Å². The summed E-state index contributed by atoms with van der Waals surface area (Å²) in [5.41, 5.74) is 2.02. The first-order chi connectivity index (χ1) is 10.7. The highest BCUT2D eigenvalue weighted by Crippen LogP contribution is 2.32. The molecule has 22 heavy (non-hydrogen) atoms. The van der Waals surface area contributed by atoms with Gasteiger partial charge in [-0.15, -0.1) is 0 Å². The normalized spacial score (nSPS) is 16.8. The molecule has 0 saturated carbocycles. The second kappa shape index (κ2) is 6.46. The summed E-state index contributed by atoms with van der Waals surface area (Å²) in [4.78, 5) is 18.7. The minimum Gasteiger partial charge on any atom is -0.306 e. The number of aromatic nitrogens is 2. The molecule has 6 heteroatoms. The highest BCUT2D eigenvalue weighted by molar-refractivity contribution is 8.26. The van der Waals surface area contributed by atoms with Gasteiger partial charge in [0.25, 0.3) is 5.91 Å². The minimum absolute atomic E-state index is 0.00976. The van der Waals surface area contributed by atoms with Crippen LogP contribution < -0.4 is 0 Å². The molecule has 0 spiro atoms. The molecule has 2 heterocycles. The lowest BCUT2D eigenvalue weighted by Gasteiger charge is -2.11. The van der Waals surface area contributed by atoms with Crippen LogP contribution in [0.2, 0.25) is 0 Å². The van der Waals surface area contributed by atoms with Crippen molar-refractivity contribution in [2.45, 2.75) is 13.3 Å². The summed E-state index contributed by atoms with van der Waals surface area (Å²) in [5.74, 6) is 0.00976. The van der Waals surface area contributed by atoms with Gasteiger partial charge in [0.2, 0.25) is 0 Å². The molecule has 0 aliphatic carbocycles. The number of nitrogens with zero attached hydrogens (tertiary/aromatic N) is 3. The highest BCUT2D eigenvalue weighted by atomic mass is 32.2. The van der Waals surface area contributed by atoms with Crippen molar-refractivity contribution in [1.29, 1.82) is 0 Å². The molecular weight excluding hydrogens is 314 g/mol. The number of carbonyl (C=O) groups excluding carboxylic acids is 1. The van der Waals surface area contributed by atoms with Gasteiger partial charge in [0.15, 0.2) is 0 Å². The minimum atomic E-state index is 0.00976. The van der Waals surface area contributed by atoms with E-state index in [1.807, 2.05) is 48.0 Å². The van der Waals surface area contributed by atoms with Gasteiger partial charge in [-0.1, -0.05) is 43.0 Å². The van der Waals surface area contributed by atoms with Crippen LogP contribution in [0.1, 0.15) is 18.9 Å². The predicted octanol–water partition coefficient (Wildman–Crippen LogP) is 3.48. The number of carbonyl (C=O) groups is 1. The van der Waals surface area contributed by atoms with Gasteiger partial charge in [0, 0.05) is 24.6 Å². The van der Waals surface area contributed by atoms with Gasteiger partial charge < -0.3 is 4.57 Å². The van der Waals surface area contributed by atoms with Gasteiger partial charge in [-0.2, -0.15) is 0 Å². The van der Waals surface area contributed by atoms with Crippen LogP contribution in [0.5, 0.6) is 0 Å². The van der Waals surface area contributed by atoms with Crippen molar-refractivity contribution < 1.29 is 4.79 Å². The van der Waals surface area contributed by atoms with Crippen LogP contribution in [0.3, 0.4) is 0 Å². The lowest BCUT2D eigenvalue weighted by molar-refractivity contribution is -0.122. The molecule has 0 unspecified atom stereocenters. The molecule has 2 aromatic rings. The lowest BCUT2D eigenvalue weighted by atomic mass is 10.2. The maximum atomic E-state index is 12.3. The Morgan fingerprint density at radius 3 is 2.73 bits per heavy atom. The summed E-state index contributed by atoms with van der Waals surface area (Å²) in [6, 6.07) is 7.98. The van der Waals surface area contributed by atoms with E-state index in [9.17, 15) is 4.79 Å². The molecule has 0 atom stereocenters. The maximum absolute atomic E-state index is 12.3. The maximum Gasteiger partial charge on any atom is 0.266 e. The van der Waals surface area contributed by atoms with Crippen LogP contribution in [-0.4, -0.2) is 31.2 Å². The van der Waals surface area contributed by atoms with Crippen molar-refractivity contribution in [1.82, 2.24) is 14.5 Å². The second-order valence-corrected chi connectivity index (χ2v) is 6.57. The van der Waals surface area contributed by atoms with E-state index in [1.54, 1.807) is 17.4 Å². The molecule has 1 aromatic heterocycles. The van der Waals surface area contributed by atoms with E-state index in [-0.39, 0.29) is 5.91 Å². The van der Waals surface area contributed by atoms with Crippen LogP contribution in [0.15, 0.2) is 47.9 Å². The molecule has 0 radical (unpaired) electrons. The molecule has 3 rings (SSSR count). The number of rotatable bonds is 4. The van der Waals surface area contributed by atoms with E-state index >= 15 is 0 Å². The van der Waals surface area contributed by atoms with E-state index < -0.39 is 0 Å². The van der Waals surface area contributed by atoms with E-state index in [0.29, 0.717) is 15.8 Å². The number of benzene rings is 1. The Balaban J connectivity index is 1.81. The first kappa shape index (κ1) is 15.0. The van der Waals surface area contributed by atoms with Crippen molar-refractivity contribution in [3.63, 3.8) is 0 Å². The van der Waals surface area contributed by atoms with Gasteiger partial charge in [0.1, 0.15) is 4.32 Å². The zero-order valence-electron chi connectivity index (χ0n) is 12.1. The Hall–Kier alpha value is -1.92. The van der Waals surface area contributed by atoms with Crippen LogP contribution in [0.25, 0.3) is 11.8 Å². The average Bonchev–Trinajstić information content (AvgIpc) is 3.13. The SMILES string of the molecule is CCCN1C(=O)C(=Cc2ccc(-n3ccnc3)cc2)SC1=S. The molecule has 1 aliphatic heterocycles. The molecule has 0 bridgehead atoms. The van der Waals surface area contributed by atoms with Gasteiger partial charge >= 0.3 is 0 Å².